The molecular weight excluding hydrogens is 190 g/mol. The summed E-state index contributed by atoms with van der Waals surface area (Å²) in [7, 11) is 1.72. The molecule has 2 N–H and O–H groups in total. The smallest absolute Gasteiger partial charge is 0.0681 e. The van der Waals surface area contributed by atoms with Crippen LogP contribution in [0.5, 0.6) is 0 Å². The van der Waals surface area contributed by atoms with Crippen LogP contribution >= 0.6 is 0 Å². The van der Waals surface area contributed by atoms with Crippen molar-refractivity contribution in [1.29, 1.82) is 0 Å². The van der Waals surface area contributed by atoms with Crippen molar-refractivity contribution in [2.45, 2.75) is 19.6 Å². The Hall–Kier alpha value is -0.900. The Bertz CT molecular complexity index is 259. The summed E-state index contributed by atoms with van der Waals surface area (Å²) < 4.78 is 4.96. The molecule has 0 aromatic heterocycles. The molecule has 84 valence electrons. The lowest BCUT2D eigenvalue weighted by molar-refractivity contribution is 0.194. The maximum atomic E-state index is 8.87. The molecule has 0 unspecified atom stereocenters. The van der Waals surface area contributed by atoms with Crippen LogP contribution in [0.25, 0.3) is 0 Å². The van der Waals surface area contributed by atoms with Crippen LogP contribution in [-0.4, -0.2) is 25.4 Å². The Morgan fingerprint density at radius 2 is 1.87 bits per heavy atom. The molecule has 3 nitrogen and oxygen atoms in total. The number of benzene rings is 1. The second kappa shape index (κ2) is 7.40. The fourth-order valence-corrected chi connectivity index (χ4v) is 1.34. The highest BCUT2D eigenvalue weighted by atomic mass is 16.5. The highest BCUT2D eigenvalue weighted by Crippen LogP contribution is 2.03. The largest absolute Gasteiger partial charge is 0.392 e. The summed E-state index contributed by atoms with van der Waals surface area (Å²) >= 11 is 0. The number of aliphatic hydroxyl groups excluding tert-OH is 1. The third kappa shape index (κ3) is 4.93. The average molecular weight is 209 g/mol. The number of aliphatic hydroxyl groups is 1. The molecule has 0 saturated carbocycles. The summed E-state index contributed by atoms with van der Waals surface area (Å²) in [5.74, 6) is 0. The Labute approximate surface area is 91.1 Å². The van der Waals surface area contributed by atoms with Gasteiger partial charge in [0.15, 0.2) is 0 Å². The molecule has 15 heavy (non-hydrogen) atoms. The maximum absolute atomic E-state index is 8.87. The normalized spacial score (nSPS) is 10.5. The van der Waals surface area contributed by atoms with Crippen molar-refractivity contribution in [1.82, 2.24) is 5.32 Å². The minimum atomic E-state index is 0.113. The van der Waals surface area contributed by atoms with Gasteiger partial charge in [0.05, 0.1) is 6.61 Å². The summed E-state index contributed by atoms with van der Waals surface area (Å²) in [5, 5.41) is 12.2. The molecule has 3 heteroatoms. The van der Waals surface area contributed by atoms with Crippen LogP contribution < -0.4 is 5.32 Å². The molecule has 0 fully saturated rings. The average Bonchev–Trinajstić information content (AvgIpc) is 2.30. The van der Waals surface area contributed by atoms with Crippen LogP contribution in [0.1, 0.15) is 17.5 Å². The maximum Gasteiger partial charge on any atom is 0.0681 e. The lowest BCUT2D eigenvalue weighted by atomic mass is 10.1. The van der Waals surface area contributed by atoms with E-state index in [1.165, 1.54) is 5.56 Å². The zero-order chi connectivity index (χ0) is 10.9. The van der Waals surface area contributed by atoms with E-state index in [0.29, 0.717) is 0 Å². The van der Waals surface area contributed by atoms with Crippen LogP contribution in [0.15, 0.2) is 24.3 Å². The number of methoxy groups -OCH3 is 1. The van der Waals surface area contributed by atoms with E-state index in [1.807, 2.05) is 24.3 Å². The van der Waals surface area contributed by atoms with Gasteiger partial charge in [0.25, 0.3) is 0 Å². The van der Waals surface area contributed by atoms with Gasteiger partial charge in [0.1, 0.15) is 0 Å². The molecule has 1 rings (SSSR count). The van der Waals surface area contributed by atoms with Gasteiger partial charge in [-0.3, -0.25) is 0 Å². The van der Waals surface area contributed by atoms with Gasteiger partial charge in [-0.25, -0.2) is 0 Å². The third-order valence-corrected chi connectivity index (χ3v) is 2.24. The number of hydrogen-bond acceptors (Lipinski definition) is 3. The monoisotopic (exact) mass is 209 g/mol. The van der Waals surface area contributed by atoms with Gasteiger partial charge < -0.3 is 15.2 Å². The first-order valence-corrected chi connectivity index (χ1v) is 5.25. The van der Waals surface area contributed by atoms with Gasteiger partial charge in [-0.2, -0.15) is 0 Å². The fraction of sp³-hybridized carbons (Fsp3) is 0.500. The summed E-state index contributed by atoms with van der Waals surface area (Å²) in [4.78, 5) is 0. The van der Waals surface area contributed by atoms with Crippen molar-refractivity contribution in [2.75, 3.05) is 20.3 Å². The highest BCUT2D eigenvalue weighted by Gasteiger charge is 1.93. The first-order chi connectivity index (χ1) is 7.36. The van der Waals surface area contributed by atoms with E-state index in [2.05, 4.69) is 5.32 Å². The van der Waals surface area contributed by atoms with Crippen LogP contribution in [0, 0.1) is 0 Å². The number of nitrogens with one attached hydrogen (secondary N) is 1. The number of rotatable bonds is 7. The molecule has 0 aliphatic heterocycles. The number of ether oxygens (including phenoxy) is 1. The van der Waals surface area contributed by atoms with Crippen molar-refractivity contribution >= 4 is 0 Å². The first-order valence-electron chi connectivity index (χ1n) is 5.25. The molecule has 0 aliphatic rings. The Balaban J connectivity index is 2.20. The van der Waals surface area contributed by atoms with E-state index in [9.17, 15) is 0 Å². The second-order valence-electron chi connectivity index (χ2n) is 3.50. The van der Waals surface area contributed by atoms with E-state index in [-0.39, 0.29) is 6.61 Å². The molecule has 0 radical (unpaired) electrons. The molecule has 0 spiro atoms. The molecule has 1 aromatic rings. The minimum Gasteiger partial charge on any atom is -0.392 e. The van der Waals surface area contributed by atoms with Gasteiger partial charge >= 0.3 is 0 Å². The van der Waals surface area contributed by atoms with Gasteiger partial charge in [0, 0.05) is 20.3 Å². The van der Waals surface area contributed by atoms with Gasteiger partial charge in [-0.1, -0.05) is 24.3 Å². The van der Waals surface area contributed by atoms with Crippen molar-refractivity contribution in [2.24, 2.45) is 0 Å². The van der Waals surface area contributed by atoms with Crippen molar-refractivity contribution < 1.29 is 9.84 Å². The van der Waals surface area contributed by atoms with Crippen LogP contribution in [0.3, 0.4) is 0 Å². The summed E-state index contributed by atoms with van der Waals surface area (Å²) in [5.41, 5.74) is 2.20. The van der Waals surface area contributed by atoms with Gasteiger partial charge in [-0.15, -0.1) is 0 Å². The van der Waals surface area contributed by atoms with Crippen LogP contribution in [0.2, 0.25) is 0 Å². The molecule has 0 atom stereocenters. The Morgan fingerprint density at radius 3 is 2.47 bits per heavy atom. The molecule has 0 bridgehead atoms. The fourth-order valence-electron chi connectivity index (χ4n) is 1.34. The Kier molecular flexibility index (Phi) is 6.00. The van der Waals surface area contributed by atoms with Crippen molar-refractivity contribution in [3.63, 3.8) is 0 Å². The summed E-state index contributed by atoms with van der Waals surface area (Å²) in [6.07, 6.45) is 1.03. The van der Waals surface area contributed by atoms with Crippen LogP contribution in [-0.2, 0) is 17.9 Å². The first kappa shape index (κ1) is 12.2. The molecule has 0 heterocycles. The SMILES string of the molecule is COCCCNCc1ccc(CO)cc1. The van der Waals surface area contributed by atoms with Crippen molar-refractivity contribution in [3.8, 4) is 0 Å². The quantitative estimate of drug-likeness (QED) is 0.665. The van der Waals surface area contributed by atoms with E-state index in [0.717, 1.165) is 31.7 Å². The predicted molar refractivity (Wildman–Crippen MR) is 60.6 cm³/mol. The lowest BCUT2D eigenvalue weighted by Gasteiger charge is -2.05. The second-order valence-corrected chi connectivity index (χ2v) is 3.50. The summed E-state index contributed by atoms with van der Waals surface area (Å²) in [6, 6.07) is 7.97. The van der Waals surface area contributed by atoms with E-state index in [1.54, 1.807) is 7.11 Å². The number of hydrogen-bond donors (Lipinski definition) is 2. The predicted octanol–water partition coefficient (Wildman–Crippen LogP) is 1.30. The van der Waals surface area contributed by atoms with Gasteiger partial charge in [-0.05, 0) is 24.1 Å². The zero-order valence-electron chi connectivity index (χ0n) is 9.20. The van der Waals surface area contributed by atoms with E-state index in [4.69, 9.17) is 9.84 Å². The minimum absolute atomic E-state index is 0.113. The van der Waals surface area contributed by atoms with Crippen LogP contribution in [0.4, 0.5) is 0 Å². The zero-order valence-corrected chi connectivity index (χ0v) is 9.20. The third-order valence-electron chi connectivity index (χ3n) is 2.24. The van der Waals surface area contributed by atoms with E-state index < -0.39 is 0 Å². The molecule has 0 amide bonds. The van der Waals surface area contributed by atoms with Gasteiger partial charge in [0.2, 0.25) is 0 Å². The summed E-state index contributed by atoms with van der Waals surface area (Å²) in [6.45, 7) is 2.75. The van der Waals surface area contributed by atoms with Crippen molar-refractivity contribution in [3.05, 3.63) is 35.4 Å². The molecule has 0 aliphatic carbocycles. The highest BCUT2D eigenvalue weighted by molar-refractivity contribution is 5.21. The molecular formula is C12H19NO2. The standard InChI is InChI=1S/C12H19NO2/c1-15-8-2-7-13-9-11-3-5-12(10-14)6-4-11/h3-6,13-14H,2,7-10H2,1H3. The topological polar surface area (TPSA) is 41.5 Å². The molecule has 1 aromatic carbocycles. The van der Waals surface area contributed by atoms with E-state index >= 15 is 0 Å². The molecule has 0 saturated heterocycles. The Morgan fingerprint density at radius 1 is 1.20 bits per heavy atom. The lowest BCUT2D eigenvalue weighted by Crippen LogP contribution is -2.16.